The second-order valence-corrected chi connectivity index (χ2v) is 4.71. The average molecular weight is 281 g/mol. The van der Waals surface area contributed by atoms with Crippen molar-refractivity contribution in [1.82, 2.24) is 19.9 Å². The summed E-state index contributed by atoms with van der Waals surface area (Å²) < 4.78 is 1.95. The number of amides is 1. The van der Waals surface area contributed by atoms with Crippen LogP contribution < -0.4 is 11.1 Å². The average Bonchev–Trinajstić information content (AvgIpc) is 2.91. The second-order valence-electron chi connectivity index (χ2n) is 4.71. The van der Waals surface area contributed by atoms with Gasteiger partial charge in [0.2, 0.25) is 5.91 Å². The van der Waals surface area contributed by atoms with Gasteiger partial charge in [0.15, 0.2) is 11.5 Å². The first-order valence-electron chi connectivity index (χ1n) is 6.62. The number of carbonyl (C=O) groups is 1. The summed E-state index contributed by atoms with van der Waals surface area (Å²) in [4.78, 5) is 11.0. The highest BCUT2D eigenvalue weighted by molar-refractivity contribution is 5.92. The molecule has 3 rings (SSSR count). The van der Waals surface area contributed by atoms with Crippen molar-refractivity contribution >= 4 is 11.6 Å². The molecule has 2 heterocycles. The van der Waals surface area contributed by atoms with Crippen molar-refractivity contribution in [3.63, 3.8) is 0 Å². The molecule has 3 aromatic rings. The zero-order chi connectivity index (χ0) is 14.7. The number of aromatic nitrogens is 3. The lowest BCUT2D eigenvalue weighted by Crippen LogP contribution is -2.15. The van der Waals surface area contributed by atoms with Gasteiger partial charge in [0.1, 0.15) is 0 Å². The predicted molar refractivity (Wildman–Crippen MR) is 78.5 cm³/mol. The smallest absolute Gasteiger partial charge is 0.248 e. The molecule has 1 amide bonds. The lowest BCUT2D eigenvalue weighted by atomic mass is 10.1. The number of carbonyl (C=O) groups excluding carboxylic acids is 1. The Balaban J connectivity index is 1.62. The summed E-state index contributed by atoms with van der Waals surface area (Å²) in [5.74, 6) is 0.448. The molecule has 0 aliphatic heterocycles. The van der Waals surface area contributed by atoms with E-state index in [1.807, 2.05) is 40.9 Å². The minimum Gasteiger partial charge on any atom is -0.366 e. The second kappa shape index (κ2) is 5.72. The standard InChI is InChI=1S/C15H15N5O/c16-15(21)12-6-4-11(5-7-12)9-17-10-14-19-18-13-3-1-2-8-20(13)14/h1-8,17H,9-10H2,(H2,16,21). The summed E-state index contributed by atoms with van der Waals surface area (Å²) in [5.41, 5.74) is 7.64. The molecule has 6 heteroatoms. The molecule has 0 atom stereocenters. The molecule has 106 valence electrons. The molecule has 0 saturated carbocycles. The first-order valence-corrected chi connectivity index (χ1v) is 6.62. The monoisotopic (exact) mass is 281 g/mol. The topological polar surface area (TPSA) is 85.3 Å². The summed E-state index contributed by atoms with van der Waals surface area (Å²) in [6.45, 7) is 1.30. The van der Waals surface area contributed by atoms with Crippen molar-refractivity contribution in [3.05, 3.63) is 65.6 Å². The molecule has 1 aromatic carbocycles. The quantitative estimate of drug-likeness (QED) is 0.734. The van der Waals surface area contributed by atoms with Crippen LogP contribution in [0.2, 0.25) is 0 Å². The van der Waals surface area contributed by atoms with Gasteiger partial charge in [-0.25, -0.2) is 0 Å². The molecule has 6 nitrogen and oxygen atoms in total. The van der Waals surface area contributed by atoms with Gasteiger partial charge in [-0.15, -0.1) is 10.2 Å². The van der Waals surface area contributed by atoms with Crippen LogP contribution in [0.25, 0.3) is 5.65 Å². The molecule has 0 radical (unpaired) electrons. The first-order chi connectivity index (χ1) is 10.2. The van der Waals surface area contributed by atoms with E-state index >= 15 is 0 Å². The summed E-state index contributed by atoms with van der Waals surface area (Å²) >= 11 is 0. The molecule has 21 heavy (non-hydrogen) atoms. The van der Waals surface area contributed by atoms with Gasteiger partial charge in [-0.2, -0.15) is 0 Å². The Morgan fingerprint density at radius 2 is 1.90 bits per heavy atom. The zero-order valence-electron chi connectivity index (χ0n) is 11.4. The number of primary amides is 1. The third-order valence-electron chi connectivity index (χ3n) is 3.24. The molecule has 3 N–H and O–H groups in total. The maximum absolute atomic E-state index is 11.0. The van der Waals surface area contributed by atoms with Crippen molar-refractivity contribution in [2.45, 2.75) is 13.1 Å². The number of hydrogen-bond donors (Lipinski definition) is 2. The van der Waals surface area contributed by atoms with Gasteiger partial charge in [-0.3, -0.25) is 9.20 Å². The van der Waals surface area contributed by atoms with E-state index in [2.05, 4.69) is 15.5 Å². The van der Waals surface area contributed by atoms with Gasteiger partial charge in [0, 0.05) is 18.3 Å². The van der Waals surface area contributed by atoms with Crippen molar-refractivity contribution in [2.24, 2.45) is 5.73 Å². The number of pyridine rings is 1. The van der Waals surface area contributed by atoms with Gasteiger partial charge >= 0.3 is 0 Å². The van der Waals surface area contributed by atoms with Gasteiger partial charge in [-0.05, 0) is 29.8 Å². The zero-order valence-corrected chi connectivity index (χ0v) is 11.4. The first kappa shape index (κ1) is 13.3. The van der Waals surface area contributed by atoms with E-state index in [0.717, 1.165) is 17.0 Å². The van der Waals surface area contributed by atoms with Crippen LogP contribution in [-0.4, -0.2) is 20.5 Å². The van der Waals surface area contributed by atoms with Gasteiger partial charge in [0.25, 0.3) is 0 Å². The molecule has 0 aliphatic rings. The number of rotatable bonds is 5. The fourth-order valence-corrected chi connectivity index (χ4v) is 2.12. The van der Waals surface area contributed by atoms with Crippen LogP contribution in [0.15, 0.2) is 48.7 Å². The van der Waals surface area contributed by atoms with E-state index in [9.17, 15) is 4.79 Å². The maximum atomic E-state index is 11.0. The predicted octanol–water partition coefficient (Wildman–Crippen LogP) is 1.12. The Kier molecular flexibility index (Phi) is 3.61. The lowest BCUT2D eigenvalue weighted by Gasteiger charge is -2.04. The van der Waals surface area contributed by atoms with Gasteiger partial charge in [0.05, 0.1) is 6.54 Å². The molecule has 0 bridgehead atoms. The van der Waals surface area contributed by atoms with E-state index in [1.165, 1.54) is 0 Å². The van der Waals surface area contributed by atoms with Gasteiger partial charge in [-0.1, -0.05) is 18.2 Å². The fraction of sp³-hybridized carbons (Fsp3) is 0.133. The molecule has 0 saturated heterocycles. The van der Waals surface area contributed by atoms with Crippen LogP contribution in [0, 0.1) is 0 Å². The van der Waals surface area contributed by atoms with Crippen LogP contribution in [0.5, 0.6) is 0 Å². The number of benzene rings is 1. The summed E-state index contributed by atoms with van der Waals surface area (Å²) in [6, 6.07) is 13.0. The molecular formula is C15H15N5O. The molecule has 0 unspecified atom stereocenters. The molecule has 0 fully saturated rings. The lowest BCUT2D eigenvalue weighted by molar-refractivity contribution is 0.100. The SMILES string of the molecule is NC(=O)c1ccc(CNCc2nnc3ccccn23)cc1. The molecule has 0 spiro atoms. The van der Waals surface area contributed by atoms with Crippen LogP contribution in [0.1, 0.15) is 21.7 Å². The normalized spacial score (nSPS) is 10.9. The van der Waals surface area contributed by atoms with E-state index in [1.54, 1.807) is 12.1 Å². The van der Waals surface area contributed by atoms with Crippen molar-refractivity contribution < 1.29 is 4.79 Å². The summed E-state index contributed by atoms with van der Waals surface area (Å²) in [5, 5.41) is 11.6. The Labute approximate surface area is 121 Å². The minimum absolute atomic E-state index is 0.413. The number of hydrogen-bond acceptors (Lipinski definition) is 4. The summed E-state index contributed by atoms with van der Waals surface area (Å²) in [7, 11) is 0. The maximum Gasteiger partial charge on any atom is 0.248 e. The van der Waals surface area contributed by atoms with Crippen molar-refractivity contribution in [1.29, 1.82) is 0 Å². The third-order valence-corrected chi connectivity index (χ3v) is 3.24. The number of nitrogens with two attached hydrogens (primary N) is 1. The Hall–Kier alpha value is -2.73. The number of fused-ring (bicyclic) bond motifs is 1. The highest BCUT2D eigenvalue weighted by Crippen LogP contribution is 2.05. The fourth-order valence-electron chi connectivity index (χ4n) is 2.12. The molecular weight excluding hydrogens is 266 g/mol. The van der Waals surface area contributed by atoms with Crippen LogP contribution in [0.4, 0.5) is 0 Å². The van der Waals surface area contributed by atoms with E-state index < -0.39 is 5.91 Å². The van der Waals surface area contributed by atoms with Gasteiger partial charge < -0.3 is 11.1 Å². The highest BCUT2D eigenvalue weighted by Gasteiger charge is 2.04. The van der Waals surface area contributed by atoms with Crippen LogP contribution in [-0.2, 0) is 13.1 Å². The largest absolute Gasteiger partial charge is 0.366 e. The molecule has 0 aliphatic carbocycles. The summed E-state index contributed by atoms with van der Waals surface area (Å²) in [6.07, 6.45) is 1.94. The van der Waals surface area contributed by atoms with Crippen molar-refractivity contribution in [2.75, 3.05) is 0 Å². The minimum atomic E-state index is -0.413. The highest BCUT2D eigenvalue weighted by atomic mass is 16.1. The van der Waals surface area contributed by atoms with E-state index in [0.29, 0.717) is 18.7 Å². The van der Waals surface area contributed by atoms with E-state index in [-0.39, 0.29) is 0 Å². The van der Waals surface area contributed by atoms with Crippen LogP contribution in [0.3, 0.4) is 0 Å². The van der Waals surface area contributed by atoms with Crippen LogP contribution >= 0.6 is 0 Å². The number of nitrogens with one attached hydrogen (secondary N) is 1. The Bertz CT molecular complexity index is 763. The Morgan fingerprint density at radius 3 is 2.67 bits per heavy atom. The van der Waals surface area contributed by atoms with Crippen molar-refractivity contribution in [3.8, 4) is 0 Å². The molecule has 2 aromatic heterocycles. The Morgan fingerprint density at radius 1 is 1.10 bits per heavy atom. The number of nitrogens with zero attached hydrogens (tertiary/aromatic N) is 3. The van der Waals surface area contributed by atoms with E-state index in [4.69, 9.17) is 5.73 Å². The third kappa shape index (κ3) is 2.90.